The Kier molecular flexibility index (Phi) is 5.38. The molecule has 2 aromatic rings. The fraction of sp³-hybridized carbons (Fsp3) is 0.250. The van der Waals surface area contributed by atoms with Crippen LogP contribution >= 0.6 is 11.6 Å². The van der Waals surface area contributed by atoms with Gasteiger partial charge in [-0.1, -0.05) is 35.9 Å². The van der Waals surface area contributed by atoms with Gasteiger partial charge in [-0.2, -0.15) is 0 Å². The lowest BCUT2D eigenvalue weighted by atomic mass is 10.1. The summed E-state index contributed by atoms with van der Waals surface area (Å²) in [6.07, 6.45) is 0.663. The molecule has 0 aliphatic carbocycles. The summed E-state index contributed by atoms with van der Waals surface area (Å²) >= 11 is 5.86. The van der Waals surface area contributed by atoms with E-state index in [1.807, 2.05) is 19.1 Å². The van der Waals surface area contributed by atoms with Crippen LogP contribution in [-0.2, 0) is 4.79 Å². The number of rotatable bonds is 6. The summed E-state index contributed by atoms with van der Waals surface area (Å²) in [5.74, 6) is -0.704. The molecule has 1 aliphatic rings. The van der Waals surface area contributed by atoms with Gasteiger partial charge in [-0.25, -0.2) is 0 Å². The molecule has 0 saturated heterocycles. The van der Waals surface area contributed by atoms with Gasteiger partial charge in [0.15, 0.2) is 0 Å². The standard InChI is InChI=1S/C20H19ClN2O3/c1-13(14-8-10-15(21)11-9-14)22-18(24)7-4-12-23-19(25)16-5-2-3-6-17(16)20(23)26/h2-3,5-6,8-11,13H,4,7,12H2,1H3,(H,22,24)/t13-/m0/s1. The summed E-state index contributed by atoms with van der Waals surface area (Å²) in [6, 6.07) is 13.9. The molecule has 0 radical (unpaired) electrons. The zero-order chi connectivity index (χ0) is 18.7. The quantitative estimate of drug-likeness (QED) is 0.790. The molecule has 0 fully saturated rings. The Hall–Kier alpha value is -2.66. The molecule has 1 aliphatic heterocycles. The van der Waals surface area contributed by atoms with Crippen LogP contribution in [0.3, 0.4) is 0 Å². The number of carbonyl (C=O) groups excluding carboxylic acids is 3. The van der Waals surface area contributed by atoms with Crippen LogP contribution < -0.4 is 5.32 Å². The van der Waals surface area contributed by atoms with Gasteiger partial charge in [-0.15, -0.1) is 0 Å². The van der Waals surface area contributed by atoms with Gasteiger partial charge in [-0.05, 0) is 43.2 Å². The topological polar surface area (TPSA) is 66.5 Å². The van der Waals surface area contributed by atoms with Crippen LogP contribution in [0, 0.1) is 0 Å². The first kappa shape index (κ1) is 18.1. The molecular weight excluding hydrogens is 352 g/mol. The molecule has 2 aromatic carbocycles. The molecule has 1 heterocycles. The van der Waals surface area contributed by atoms with Gasteiger partial charge in [0.1, 0.15) is 0 Å². The van der Waals surface area contributed by atoms with Crippen molar-refractivity contribution in [3.8, 4) is 0 Å². The molecule has 1 atom stereocenters. The van der Waals surface area contributed by atoms with Crippen LogP contribution in [0.2, 0.25) is 5.02 Å². The second kappa shape index (κ2) is 7.70. The molecule has 26 heavy (non-hydrogen) atoms. The molecule has 3 rings (SSSR count). The van der Waals surface area contributed by atoms with E-state index in [-0.39, 0.29) is 36.7 Å². The van der Waals surface area contributed by atoms with Gasteiger partial charge in [0, 0.05) is 18.0 Å². The Morgan fingerprint density at radius 3 is 2.19 bits per heavy atom. The molecular formula is C20H19ClN2O3. The molecule has 0 spiro atoms. The first-order chi connectivity index (χ1) is 12.5. The second-order valence-corrected chi connectivity index (χ2v) is 6.69. The van der Waals surface area contributed by atoms with Gasteiger partial charge < -0.3 is 5.32 Å². The van der Waals surface area contributed by atoms with Crippen molar-refractivity contribution in [3.63, 3.8) is 0 Å². The molecule has 0 aromatic heterocycles. The number of imide groups is 1. The van der Waals surface area contributed by atoms with E-state index in [1.165, 1.54) is 4.90 Å². The van der Waals surface area contributed by atoms with Crippen molar-refractivity contribution in [2.45, 2.75) is 25.8 Å². The molecule has 0 unspecified atom stereocenters. The normalized spacial score (nSPS) is 14.3. The fourth-order valence-corrected chi connectivity index (χ4v) is 3.11. The lowest BCUT2D eigenvalue weighted by Crippen LogP contribution is -2.32. The van der Waals surface area contributed by atoms with Crippen LogP contribution in [0.5, 0.6) is 0 Å². The van der Waals surface area contributed by atoms with E-state index in [0.717, 1.165) is 5.56 Å². The van der Waals surface area contributed by atoms with E-state index in [1.54, 1.807) is 36.4 Å². The zero-order valence-electron chi connectivity index (χ0n) is 14.4. The van der Waals surface area contributed by atoms with E-state index in [2.05, 4.69) is 5.32 Å². The van der Waals surface area contributed by atoms with E-state index < -0.39 is 0 Å². The summed E-state index contributed by atoms with van der Waals surface area (Å²) in [5, 5.41) is 3.56. The van der Waals surface area contributed by atoms with Crippen LogP contribution in [0.15, 0.2) is 48.5 Å². The van der Waals surface area contributed by atoms with Crippen molar-refractivity contribution < 1.29 is 14.4 Å². The largest absolute Gasteiger partial charge is 0.350 e. The van der Waals surface area contributed by atoms with Crippen LogP contribution in [0.4, 0.5) is 0 Å². The van der Waals surface area contributed by atoms with Gasteiger partial charge in [0.25, 0.3) is 11.8 Å². The molecule has 0 saturated carbocycles. The van der Waals surface area contributed by atoms with Crippen molar-refractivity contribution in [2.75, 3.05) is 6.54 Å². The van der Waals surface area contributed by atoms with Gasteiger partial charge in [0.2, 0.25) is 5.91 Å². The molecule has 1 N–H and O–H groups in total. The number of carbonyl (C=O) groups is 3. The van der Waals surface area contributed by atoms with E-state index in [0.29, 0.717) is 22.6 Å². The van der Waals surface area contributed by atoms with Crippen molar-refractivity contribution in [1.82, 2.24) is 10.2 Å². The number of nitrogens with zero attached hydrogens (tertiary/aromatic N) is 1. The van der Waals surface area contributed by atoms with Crippen molar-refractivity contribution in [1.29, 1.82) is 0 Å². The molecule has 5 nitrogen and oxygen atoms in total. The highest BCUT2D eigenvalue weighted by Crippen LogP contribution is 2.22. The first-order valence-corrected chi connectivity index (χ1v) is 8.85. The number of halogens is 1. The van der Waals surface area contributed by atoms with Crippen molar-refractivity contribution in [2.24, 2.45) is 0 Å². The average molecular weight is 371 g/mol. The third kappa shape index (κ3) is 3.78. The van der Waals surface area contributed by atoms with Crippen LogP contribution in [0.25, 0.3) is 0 Å². The fourth-order valence-electron chi connectivity index (χ4n) is 2.99. The van der Waals surface area contributed by atoms with E-state index in [9.17, 15) is 14.4 Å². The number of nitrogens with one attached hydrogen (secondary N) is 1. The van der Waals surface area contributed by atoms with E-state index >= 15 is 0 Å². The third-order valence-electron chi connectivity index (χ3n) is 4.41. The second-order valence-electron chi connectivity index (χ2n) is 6.25. The maximum Gasteiger partial charge on any atom is 0.261 e. The van der Waals surface area contributed by atoms with Gasteiger partial charge in [-0.3, -0.25) is 19.3 Å². The highest BCUT2D eigenvalue weighted by molar-refractivity contribution is 6.30. The molecule has 6 heteroatoms. The number of benzene rings is 2. The predicted molar refractivity (Wildman–Crippen MR) is 99.1 cm³/mol. The minimum absolute atomic E-state index is 0.121. The first-order valence-electron chi connectivity index (χ1n) is 8.47. The monoisotopic (exact) mass is 370 g/mol. The Bertz CT molecular complexity index is 813. The molecule has 0 bridgehead atoms. The third-order valence-corrected chi connectivity index (χ3v) is 4.66. The Morgan fingerprint density at radius 1 is 1.04 bits per heavy atom. The number of amides is 3. The zero-order valence-corrected chi connectivity index (χ0v) is 15.1. The summed E-state index contributed by atoms with van der Waals surface area (Å²) < 4.78 is 0. The Morgan fingerprint density at radius 2 is 1.62 bits per heavy atom. The lowest BCUT2D eigenvalue weighted by Gasteiger charge is -2.16. The lowest BCUT2D eigenvalue weighted by molar-refractivity contribution is -0.121. The van der Waals surface area contributed by atoms with Gasteiger partial charge in [0.05, 0.1) is 17.2 Å². The SMILES string of the molecule is C[C@H](NC(=O)CCCN1C(=O)c2ccccc2C1=O)c1ccc(Cl)cc1. The average Bonchev–Trinajstić information content (AvgIpc) is 2.87. The van der Waals surface area contributed by atoms with Gasteiger partial charge >= 0.3 is 0 Å². The van der Waals surface area contributed by atoms with Crippen molar-refractivity contribution >= 4 is 29.3 Å². The summed E-state index contributed by atoms with van der Waals surface area (Å²) in [5.41, 5.74) is 1.82. The number of hydrogen-bond donors (Lipinski definition) is 1. The minimum atomic E-state index is -0.291. The summed E-state index contributed by atoms with van der Waals surface area (Å²) in [7, 11) is 0. The highest BCUT2D eigenvalue weighted by Gasteiger charge is 2.34. The number of fused-ring (bicyclic) bond motifs is 1. The van der Waals surface area contributed by atoms with Crippen molar-refractivity contribution in [3.05, 3.63) is 70.2 Å². The maximum atomic E-state index is 12.3. The Balaban J connectivity index is 1.49. The van der Waals surface area contributed by atoms with Crippen LogP contribution in [0.1, 0.15) is 52.1 Å². The summed E-state index contributed by atoms with van der Waals surface area (Å²) in [6.45, 7) is 2.13. The van der Waals surface area contributed by atoms with Crippen LogP contribution in [-0.4, -0.2) is 29.2 Å². The number of hydrogen-bond acceptors (Lipinski definition) is 3. The highest BCUT2D eigenvalue weighted by atomic mass is 35.5. The predicted octanol–water partition coefficient (Wildman–Crippen LogP) is 3.59. The minimum Gasteiger partial charge on any atom is -0.350 e. The Labute approximate surface area is 156 Å². The smallest absolute Gasteiger partial charge is 0.261 e. The molecule has 3 amide bonds. The molecule has 134 valence electrons. The maximum absolute atomic E-state index is 12.3. The summed E-state index contributed by atoms with van der Waals surface area (Å²) in [4.78, 5) is 37.9. The van der Waals surface area contributed by atoms with E-state index in [4.69, 9.17) is 11.6 Å².